The predicted molar refractivity (Wildman–Crippen MR) is 107 cm³/mol. The van der Waals surface area contributed by atoms with E-state index in [1.54, 1.807) is 0 Å². The Bertz CT molecular complexity index is 697. The van der Waals surface area contributed by atoms with Crippen LogP contribution >= 0.6 is 0 Å². The minimum atomic E-state index is 0.756. The zero-order valence-corrected chi connectivity index (χ0v) is 15.4. The summed E-state index contributed by atoms with van der Waals surface area (Å²) in [5.41, 5.74) is 3.43. The normalized spacial score (nSPS) is 10.5. The van der Waals surface area contributed by atoms with E-state index in [-0.39, 0.29) is 0 Å². The van der Waals surface area contributed by atoms with Crippen LogP contribution in [0.25, 0.3) is 0 Å². The van der Waals surface area contributed by atoms with Crippen molar-refractivity contribution in [3.63, 3.8) is 0 Å². The molecule has 0 radical (unpaired) electrons. The quantitative estimate of drug-likeness (QED) is 0.415. The molecular weight excluding hydrogens is 304 g/mol. The highest BCUT2D eigenvalue weighted by Gasteiger charge is 1.94. The van der Waals surface area contributed by atoms with Gasteiger partial charge in [0.1, 0.15) is 5.75 Å². The van der Waals surface area contributed by atoms with Gasteiger partial charge in [-0.15, -0.1) is 0 Å². The number of aryl methyl sites for hydroxylation is 1. The molecule has 0 heterocycles. The minimum absolute atomic E-state index is 0.756. The molecule has 2 aromatic rings. The van der Waals surface area contributed by atoms with E-state index in [0.29, 0.717) is 0 Å². The molecule has 1 nitrogen and oxygen atoms in total. The van der Waals surface area contributed by atoms with Crippen LogP contribution in [0.1, 0.15) is 56.2 Å². The van der Waals surface area contributed by atoms with Gasteiger partial charge in [-0.25, -0.2) is 0 Å². The number of unbranched alkanes of at least 4 members (excludes halogenated alkanes) is 1. The van der Waals surface area contributed by atoms with Crippen LogP contribution < -0.4 is 4.74 Å². The fraction of sp³-hybridized carbons (Fsp3) is 0.333. The third-order valence-electron chi connectivity index (χ3n) is 3.85. The summed E-state index contributed by atoms with van der Waals surface area (Å²) in [5, 5.41) is 0. The van der Waals surface area contributed by atoms with Gasteiger partial charge in [-0.05, 0) is 67.6 Å². The molecule has 0 aliphatic carbocycles. The van der Waals surface area contributed by atoms with Crippen molar-refractivity contribution in [2.45, 2.75) is 46.0 Å². The Labute approximate surface area is 152 Å². The largest absolute Gasteiger partial charge is 0.494 e. The Morgan fingerprint density at radius 3 is 1.96 bits per heavy atom. The van der Waals surface area contributed by atoms with Crippen molar-refractivity contribution in [3.8, 4) is 17.6 Å². The number of rotatable bonds is 8. The van der Waals surface area contributed by atoms with Crippen LogP contribution in [0.4, 0.5) is 0 Å². The molecule has 0 bridgehead atoms. The molecule has 0 unspecified atom stereocenters. The molecule has 0 spiro atoms. The third-order valence-corrected chi connectivity index (χ3v) is 3.85. The highest BCUT2D eigenvalue weighted by molar-refractivity contribution is 5.44. The maximum Gasteiger partial charge on any atom is 0.119 e. The van der Waals surface area contributed by atoms with Gasteiger partial charge in [0.05, 0.1) is 6.61 Å². The number of benzene rings is 2. The topological polar surface area (TPSA) is 9.23 Å². The zero-order valence-electron chi connectivity index (χ0n) is 15.4. The molecule has 0 saturated carbocycles. The Balaban J connectivity index is 1.87. The number of hydrogen-bond donors (Lipinski definition) is 0. The lowest BCUT2D eigenvalue weighted by Gasteiger charge is -2.03. The van der Waals surface area contributed by atoms with Crippen molar-refractivity contribution in [1.82, 2.24) is 0 Å². The molecule has 25 heavy (non-hydrogen) atoms. The number of hydrogen-bond acceptors (Lipinski definition) is 1. The van der Waals surface area contributed by atoms with E-state index in [1.165, 1.54) is 18.4 Å². The highest BCUT2D eigenvalue weighted by atomic mass is 16.5. The van der Waals surface area contributed by atoms with Gasteiger partial charge in [0.25, 0.3) is 0 Å². The van der Waals surface area contributed by atoms with Crippen LogP contribution in [0.3, 0.4) is 0 Å². The van der Waals surface area contributed by atoms with E-state index in [4.69, 9.17) is 4.74 Å². The second-order valence-corrected chi connectivity index (χ2v) is 6.12. The monoisotopic (exact) mass is 332 g/mol. The summed E-state index contributed by atoms with van der Waals surface area (Å²) in [6, 6.07) is 16.6. The van der Waals surface area contributed by atoms with Crippen molar-refractivity contribution in [2.75, 3.05) is 6.61 Å². The molecule has 0 aromatic heterocycles. The molecule has 130 valence electrons. The molecule has 2 aromatic carbocycles. The molecular formula is C24H28O. The molecule has 0 aliphatic heterocycles. The third kappa shape index (κ3) is 7.31. The lowest BCUT2D eigenvalue weighted by atomic mass is 10.1. The average molecular weight is 332 g/mol. The summed E-state index contributed by atoms with van der Waals surface area (Å²) in [6.07, 6.45) is 10.2. The van der Waals surface area contributed by atoms with E-state index < -0.39 is 0 Å². The standard InChI is InChI=1S/C24H28O/c1-3-5-6-7-8-9-21-10-12-22(13-11-21)14-15-23-16-18-24(19-17-23)25-20-4-2/h6-7,10-13,16-19H,3-5,8-9,20H2,1-2H3. The summed E-state index contributed by atoms with van der Waals surface area (Å²) < 4.78 is 5.59. The van der Waals surface area contributed by atoms with Crippen molar-refractivity contribution in [1.29, 1.82) is 0 Å². The SMILES string of the molecule is CCCC=CCCc1ccc(C#Cc2ccc(OCCC)cc2)cc1. The van der Waals surface area contributed by atoms with Crippen LogP contribution in [0.15, 0.2) is 60.7 Å². The first-order valence-corrected chi connectivity index (χ1v) is 9.30. The van der Waals surface area contributed by atoms with Crippen LogP contribution in [0.5, 0.6) is 5.75 Å². The van der Waals surface area contributed by atoms with Gasteiger partial charge in [-0.3, -0.25) is 0 Å². The molecule has 0 saturated heterocycles. The molecule has 0 atom stereocenters. The van der Waals surface area contributed by atoms with Crippen molar-refractivity contribution >= 4 is 0 Å². The second kappa shape index (κ2) is 11.2. The first kappa shape index (κ1) is 18.9. The summed E-state index contributed by atoms with van der Waals surface area (Å²) in [5.74, 6) is 7.35. The number of ether oxygens (including phenoxy) is 1. The molecule has 0 fully saturated rings. The fourth-order valence-corrected chi connectivity index (χ4v) is 2.41. The van der Waals surface area contributed by atoms with Gasteiger partial charge in [-0.1, -0.05) is 56.4 Å². The van der Waals surface area contributed by atoms with Crippen LogP contribution in [-0.2, 0) is 6.42 Å². The Hall–Kier alpha value is -2.46. The lowest BCUT2D eigenvalue weighted by Crippen LogP contribution is -1.94. The van der Waals surface area contributed by atoms with Crippen molar-refractivity contribution in [2.24, 2.45) is 0 Å². The molecule has 0 N–H and O–H groups in total. The van der Waals surface area contributed by atoms with E-state index in [1.807, 2.05) is 24.3 Å². The summed E-state index contributed by atoms with van der Waals surface area (Å²) >= 11 is 0. The molecule has 1 heteroatoms. The lowest BCUT2D eigenvalue weighted by molar-refractivity contribution is 0.317. The molecule has 0 aliphatic rings. The van der Waals surface area contributed by atoms with Crippen LogP contribution in [-0.4, -0.2) is 6.61 Å². The van der Waals surface area contributed by atoms with Crippen molar-refractivity contribution < 1.29 is 4.74 Å². The van der Waals surface area contributed by atoms with E-state index in [0.717, 1.165) is 42.7 Å². The molecule has 2 rings (SSSR count). The second-order valence-electron chi connectivity index (χ2n) is 6.12. The first-order valence-electron chi connectivity index (χ1n) is 9.30. The first-order chi connectivity index (χ1) is 12.3. The summed E-state index contributed by atoms with van der Waals surface area (Å²) in [7, 11) is 0. The average Bonchev–Trinajstić information content (AvgIpc) is 2.66. The van der Waals surface area contributed by atoms with Gasteiger partial charge in [0, 0.05) is 11.1 Å². The Morgan fingerprint density at radius 2 is 1.36 bits per heavy atom. The highest BCUT2D eigenvalue weighted by Crippen LogP contribution is 2.12. The van der Waals surface area contributed by atoms with Gasteiger partial charge >= 0.3 is 0 Å². The summed E-state index contributed by atoms with van der Waals surface area (Å²) in [6.45, 7) is 5.07. The van der Waals surface area contributed by atoms with E-state index in [9.17, 15) is 0 Å². The zero-order chi connectivity index (χ0) is 17.7. The fourth-order valence-electron chi connectivity index (χ4n) is 2.41. The maximum atomic E-state index is 5.59. The maximum absolute atomic E-state index is 5.59. The predicted octanol–water partition coefficient (Wildman–Crippen LogP) is 6.16. The van der Waals surface area contributed by atoms with Gasteiger partial charge in [0.15, 0.2) is 0 Å². The van der Waals surface area contributed by atoms with Gasteiger partial charge in [-0.2, -0.15) is 0 Å². The Morgan fingerprint density at radius 1 is 0.760 bits per heavy atom. The van der Waals surface area contributed by atoms with Crippen molar-refractivity contribution in [3.05, 3.63) is 77.4 Å². The van der Waals surface area contributed by atoms with E-state index in [2.05, 4.69) is 62.1 Å². The number of allylic oxidation sites excluding steroid dienone is 2. The van der Waals surface area contributed by atoms with E-state index >= 15 is 0 Å². The Kier molecular flexibility index (Phi) is 8.42. The van der Waals surface area contributed by atoms with Crippen LogP contribution in [0, 0.1) is 11.8 Å². The molecule has 0 amide bonds. The van der Waals surface area contributed by atoms with Crippen LogP contribution in [0.2, 0.25) is 0 Å². The van der Waals surface area contributed by atoms with Gasteiger partial charge in [0.2, 0.25) is 0 Å². The smallest absolute Gasteiger partial charge is 0.119 e. The summed E-state index contributed by atoms with van der Waals surface area (Å²) in [4.78, 5) is 0. The minimum Gasteiger partial charge on any atom is -0.494 e. The van der Waals surface area contributed by atoms with Gasteiger partial charge < -0.3 is 4.74 Å².